The SMILES string of the molecule is CCCCn1ccc2c(C#N)cc(C(=O)N[C@@H](Cc3cc(F)cc(F)c3)[C@@H](O)CNCc3cccc(CC)c3)cc21.Cl. The third-order valence-electron chi connectivity index (χ3n) is 7.27. The minimum Gasteiger partial charge on any atom is -0.390 e. The number of hydrogen-bond donors (Lipinski definition) is 3. The van der Waals surface area contributed by atoms with Gasteiger partial charge in [-0.3, -0.25) is 4.79 Å². The Morgan fingerprint density at radius 3 is 2.45 bits per heavy atom. The van der Waals surface area contributed by atoms with Gasteiger partial charge < -0.3 is 20.3 Å². The Balaban J connectivity index is 0.00000484. The number of nitriles is 1. The molecule has 1 aromatic heterocycles. The van der Waals surface area contributed by atoms with Crippen LogP contribution in [-0.4, -0.2) is 34.3 Å². The first-order valence-electron chi connectivity index (χ1n) is 14.1. The van der Waals surface area contributed by atoms with Gasteiger partial charge in [0.25, 0.3) is 5.91 Å². The fourth-order valence-electron chi connectivity index (χ4n) is 5.03. The molecule has 3 N–H and O–H groups in total. The van der Waals surface area contributed by atoms with Gasteiger partial charge in [-0.15, -0.1) is 12.4 Å². The third-order valence-corrected chi connectivity index (χ3v) is 7.27. The first kappa shape index (κ1) is 32.7. The quantitative estimate of drug-likeness (QED) is 0.175. The Kier molecular flexibility index (Phi) is 12.0. The lowest BCUT2D eigenvalue weighted by atomic mass is 9.99. The van der Waals surface area contributed by atoms with Crippen LogP contribution in [0.4, 0.5) is 8.78 Å². The highest BCUT2D eigenvalue weighted by atomic mass is 35.5. The van der Waals surface area contributed by atoms with Crippen LogP contribution in [0, 0.1) is 23.0 Å². The van der Waals surface area contributed by atoms with E-state index in [1.54, 1.807) is 6.07 Å². The summed E-state index contributed by atoms with van der Waals surface area (Å²) in [7, 11) is 0. The molecule has 0 unspecified atom stereocenters. The topological polar surface area (TPSA) is 90.1 Å². The maximum Gasteiger partial charge on any atom is 0.251 e. The van der Waals surface area contributed by atoms with Crippen molar-refractivity contribution in [1.82, 2.24) is 15.2 Å². The van der Waals surface area contributed by atoms with Gasteiger partial charge in [0.05, 0.1) is 29.3 Å². The summed E-state index contributed by atoms with van der Waals surface area (Å²) in [5, 5.41) is 27.8. The molecule has 4 rings (SSSR count). The van der Waals surface area contributed by atoms with Crippen molar-refractivity contribution in [3.05, 3.63) is 106 Å². The number of aliphatic hydroxyl groups is 1. The molecule has 0 aliphatic carbocycles. The Hall–Kier alpha value is -3.77. The lowest BCUT2D eigenvalue weighted by Gasteiger charge is -2.25. The molecule has 0 aliphatic rings. The molecule has 0 spiro atoms. The van der Waals surface area contributed by atoms with Crippen LogP contribution >= 0.6 is 12.4 Å². The maximum atomic E-state index is 14.0. The second kappa shape index (κ2) is 15.5. The Morgan fingerprint density at radius 1 is 1.02 bits per heavy atom. The molecule has 0 bridgehead atoms. The minimum absolute atomic E-state index is 0. The molecule has 1 amide bonds. The van der Waals surface area contributed by atoms with E-state index in [4.69, 9.17) is 0 Å². The van der Waals surface area contributed by atoms with Gasteiger partial charge in [0.1, 0.15) is 11.6 Å². The number of rotatable bonds is 13. The van der Waals surface area contributed by atoms with Gasteiger partial charge in [-0.05, 0) is 66.3 Å². The highest BCUT2D eigenvalue weighted by Crippen LogP contribution is 2.23. The normalized spacial score (nSPS) is 12.4. The maximum absolute atomic E-state index is 14.0. The molecule has 3 aromatic carbocycles. The molecular formula is C33H37ClF2N4O2. The zero-order chi connectivity index (χ0) is 29.4. The summed E-state index contributed by atoms with van der Waals surface area (Å²) < 4.78 is 29.9. The van der Waals surface area contributed by atoms with Gasteiger partial charge in [-0.1, -0.05) is 44.5 Å². The second-order valence-electron chi connectivity index (χ2n) is 10.4. The number of unbranched alkanes of at least 4 members (excludes halogenated alkanes) is 1. The number of halogens is 3. The predicted molar refractivity (Wildman–Crippen MR) is 164 cm³/mol. The van der Waals surface area contributed by atoms with Gasteiger partial charge in [-0.25, -0.2) is 8.78 Å². The largest absolute Gasteiger partial charge is 0.390 e. The lowest BCUT2D eigenvalue weighted by molar-refractivity contribution is 0.0830. The molecule has 222 valence electrons. The Labute approximate surface area is 251 Å². The molecule has 0 fully saturated rings. The minimum atomic E-state index is -1.06. The van der Waals surface area contributed by atoms with E-state index in [9.17, 15) is 23.9 Å². The Morgan fingerprint density at radius 2 is 1.76 bits per heavy atom. The van der Waals surface area contributed by atoms with E-state index in [0.29, 0.717) is 17.7 Å². The van der Waals surface area contributed by atoms with Crippen molar-refractivity contribution < 1.29 is 18.7 Å². The van der Waals surface area contributed by atoms with Gasteiger partial charge in [0.15, 0.2) is 0 Å². The molecule has 0 saturated heterocycles. The van der Waals surface area contributed by atoms with Crippen molar-refractivity contribution in [3.8, 4) is 6.07 Å². The van der Waals surface area contributed by atoms with Crippen molar-refractivity contribution >= 4 is 29.2 Å². The lowest BCUT2D eigenvalue weighted by Crippen LogP contribution is -2.48. The van der Waals surface area contributed by atoms with E-state index in [0.717, 1.165) is 48.3 Å². The molecule has 9 heteroatoms. The fraction of sp³-hybridized carbons (Fsp3) is 0.333. The summed E-state index contributed by atoms with van der Waals surface area (Å²) in [6.45, 7) is 5.59. The summed E-state index contributed by atoms with van der Waals surface area (Å²) in [6.07, 6.45) is 3.73. The number of nitrogens with zero attached hydrogens (tertiary/aromatic N) is 2. The number of aryl methyl sites for hydroxylation is 2. The first-order valence-corrected chi connectivity index (χ1v) is 14.1. The van der Waals surface area contributed by atoms with Crippen LogP contribution in [0.25, 0.3) is 10.9 Å². The summed E-state index contributed by atoms with van der Waals surface area (Å²) in [6, 6.07) is 17.8. The first-order chi connectivity index (χ1) is 19.8. The van der Waals surface area contributed by atoms with E-state index in [1.807, 2.05) is 29.0 Å². The van der Waals surface area contributed by atoms with Gasteiger partial charge in [0, 0.05) is 42.8 Å². The van der Waals surface area contributed by atoms with Crippen molar-refractivity contribution in [1.29, 1.82) is 5.26 Å². The average Bonchev–Trinajstić information content (AvgIpc) is 3.37. The van der Waals surface area contributed by atoms with E-state index in [2.05, 4.69) is 42.7 Å². The van der Waals surface area contributed by atoms with E-state index in [1.165, 1.54) is 23.8 Å². The molecular weight excluding hydrogens is 558 g/mol. The summed E-state index contributed by atoms with van der Waals surface area (Å²) in [4.78, 5) is 13.5. The summed E-state index contributed by atoms with van der Waals surface area (Å²) in [5.41, 5.74) is 4.01. The van der Waals surface area contributed by atoms with E-state index < -0.39 is 29.7 Å². The van der Waals surface area contributed by atoms with Gasteiger partial charge in [-0.2, -0.15) is 5.26 Å². The highest BCUT2D eigenvalue weighted by molar-refractivity contribution is 6.00. The standard InChI is InChI=1S/C33H36F2N4O2.ClH/c1-3-5-10-39-11-9-29-26(19-36)16-25(17-31(29)39)33(41)38-30(15-24-13-27(34)18-28(35)14-24)32(40)21-37-20-23-8-6-7-22(4-2)12-23;/h6-9,11-14,16-18,30,32,37,40H,3-5,10,15,20-21H2,1-2H3,(H,38,41);1H/t30-,32-;/m0./s1. The molecule has 0 aliphatic heterocycles. The highest BCUT2D eigenvalue weighted by Gasteiger charge is 2.24. The second-order valence-corrected chi connectivity index (χ2v) is 10.4. The molecule has 1 heterocycles. The monoisotopic (exact) mass is 594 g/mol. The van der Waals surface area contributed by atoms with E-state index >= 15 is 0 Å². The average molecular weight is 595 g/mol. The number of benzene rings is 3. The molecule has 0 radical (unpaired) electrons. The number of nitrogens with one attached hydrogen (secondary N) is 2. The fourth-order valence-corrected chi connectivity index (χ4v) is 5.03. The summed E-state index contributed by atoms with van der Waals surface area (Å²) >= 11 is 0. The molecule has 6 nitrogen and oxygen atoms in total. The van der Waals surface area contributed by atoms with Crippen LogP contribution in [0.2, 0.25) is 0 Å². The number of fused-ring (bicyclic) bond motifs is 1. The number of amides is 1. The van der Waals surface area contributed by atoms with Crippen molar-refractivity contribution in [3.63, 3.8) is 0 Å². The zero-order valence-electron chi connectivity index (χ0n) is 23.9. The van der Waals surface area contributed by atoms with E-state index in [-0.39, 0.29) is 30.9 Å². The van der Waals surface area contributed by atoms with Crippen LogP contribution < -0.4 is 10.6 Å². The molecule has 0 saturated carbocycles. The van der Waals surface area contributed by atoms with Crippen LogP contribution in [0.1, 0.15) is 59.3 Å². The summed E-state index contributed by atoms with van der Waals surface area (Å²) in [5.74, 6) is -1.95. The molecule has 4 aromatic rings. The number of aromatic nitrogens is 1. The molecule has 2 atom stereocenters. The smallest absolute Gasteiger partial charge is 0.251 e. The predicted octanol–water partition coefficient (Wildman–Crippen LogP) is 6.07. The Bertz CT molecular complexity index is 1530. The third kappa shape index (κ3) is 8.39. The molecule has 42 heavy (non-hydrogen) atoms. The zero-order valence-corrected chi connectivity index (χ0v) is 24.7. The van der Waals surface area contributed by atoms with Crippen LogP contribution in [0.5, 0.6) is 0 Å². The van der Waals surface area contributed by atoms with Gasteiger partial charge in [0.2, 0.25) is 0 Å². The number of carbonyl (C=O) groups excluding carboxylic acids is 1. The van der Waals surface area contributed by atoms with Crippen molar-refractivity contribution in [2.75, 3.05) is 6.54 Å². The van der Waals surface area contributed by atoms with Crippen molar-refractivity contribution in [2.45, 2.75) is 64.8 Å². The van der Waals surface area contributed by atoms with Crippen molar-refractivity contribution in [2.24, 2.45) is 0 Å². The van der Waals surface area contributed by atoms with Crippen LogP contribution in [0.15, 0.2) is 66.9 Å². The number of carbonyl (C=O) groups is 1. The van der Waals surface area contributed by atoms with Gasteiger partial charge >= 0.3 is 0 Å². The number of aliphatic hydroxyl groups excluding tert-OH is 1. The van der Waals surface area contributed by atoms with Crippen LogP contribution in [0.3, 0.4) is 0 Å². The van der Waals surface area contributed by atoms with Crippen LogP contribution in [-0.2, 0) is 25.9 Å². The number of hydrogen-bond acceptors (Lipinski definition) is 4.